The highest BCUT2D eigenvalue weighted by molar-refractivity contribution is 6.30. The van der Waals surface area contributed by atoms with Gasteiger partial charge in [-0.05, 0) is 36.1 Å². The molecule has 0 spiro atoms. The van der Waals surface area contributed by atoms with E-state index in [-0.39, 0.29) is 0 Å². The second-order valence-corrected chi connectivity index (χ2v) is 7.84. The molecule has 3 aromatic carbocycles. The van der Waals surface area contributed by atoms with Crippen LogP contribution in [0.25, 0.3) is 39.7 Å². The molecule has 4 heteroatoms. The Morgan fingerprint density at radius 3 is 1.84 bits per heavy atom. The van der Waals surface area contributed by atoms with Crippen molar-refractivity contribution in [3.8, 4) is 34.2 Å². The lowest BCUT2D eigenvalue weighted by Crippen LogP contribution is -2.00. The number of allylic oxidation sites excluding steroid dienone is 4. The number of rotatable bonds is 4. The molecule has 3 nitrogen and oxygen atoms in total. The van der Waals surface area contributed by atoms with Gasteiger partial charge in [0, 0.05) is 21.7 Å². The Morgan fingerprint density at radius 2 is 1.19 bits per heavy atom. The molecular formula is C27H20ClN3. The summed E-state index contributed by atoms with van der Waals surface area (Å²) in [7, 11) is 0. The molecule has 1 aromatic heterocycles. The minimum absolute atomic E-state index is 0.605. The van der Waals surface area contributed by atoms with E-state index < -0.39 is 0 Å². The lowest BCUT2D eigenvalue weighted by atomic mass is 9.98. The van der Waals surface area contributed by atoms with Crippen molar-refractivity contribution in [2.24, 2.45) is 0 Å². The monoisotopic (exact) mass is 421 g/mol. The Morgan fingerprint density at radius 1 is 0.581 bits per heavy atom. The van der Waals surface area contributed by atoms with Crippen molar-refractivity contribution >= 4 is 17.2 Å². The summed E-state index contributed by atoms with van der Waals surface area (Å²) in [6, 6.07) is 26.0. The lowest BCUT2D eigenvalue weighted by Gasteiger charge is -2.10. The van der Waals surface area contributed by atoms with Crippen molar-refractivity contribution in [1.29, 1.82) is 0 Å². The molecule has 31 heavy (non-hydrogen) atoms. The quantitative estimate of drug-likeness (QED) is 0.348. The molecule has 4 aromatic rings. The molecule has 0 unspecified atom stereocenters. The average Bonchev–Trinajstić information content (AvgIpc) is 2.85. The normalized spacial score (nSPS) is 13.1. The van der Waals surface area contributed by atoms with E-state index in [4.69, 9.17) is 26.6 Å². The van der Waals surface area contributed by atoms with E-state index in [0.29, 0.717) is 22.5 Å². The van der Waals surface area contributed by atoms with Gasteiger partial charge in [0.15, 0.2) is 17.5 Å². The highest BCUT2D eigenvalue weighted by atomic mass is 35.5. The molecule has 0 saturated carbocycles. The van der Waals surface area contributed by atoms with Gasteiger partial charge in [0.2, 0.25) is 0 Å². The zero-order valence-electron chi connectivity index (χ0n) is 16.9. The van der Waals surface area contributed by atoms with Gasteiger partial charge >= 0.3 is 0 Å². The molecule has 0 radical (unpaired) electrons. The van der Waals surface area contributed by atoms with Crippen LogP contribution in [0, 0.1) is 0 Å². The molecule has 150 valence electrons. The second-order valence-electron chi connectivity index (χ2n) is 7.40. The topological polar surface area (TPSA) is 38.7 Å². The third-order valence-corrected chi connectivity index (χ3v) is 5.46. The summed E-state index contributed by atoms with van der Waals surface area (Å²) in [6.07, 6.45) is 8.89. The summed E-state index contributed by atoms with van der Waals surface area (Å²) in [5.74, 6) is 1.89. The molecule has 0 amide bonds. The van der Waals surface area contributed by atoms with Crippen LogP contribution in [0.5, 0.6) is 0 Å². The highest BCUT2D eigenvalue weighted by Gasteiger charge is 2.13. The first-order valence-corrected chi connectivity index (χ1v) is 10.7. The van der Waals surface area contributed by atoms with Gasteiger partial charge in [-0.3, -0.25) is 0 Å². The zero-order valence-corrected chi connectivity index (χ0v) is 17.6. The first kappa shape index (κ1) is 19.4. The van der Waals surface area contributed by atoms with Gasteiger partial charge in [-0.25, -0.2) is 15.0 Å². The number of aromatic nitrogens is 3. The molecular weight excluding hydrogens is 402 g/mol. The number of hydrogen-bond donors (Lipinski definition) is 0. The van der Waals surface area contributed by atoms with Crippen molar-refractivity contribution in [3.05, 3.63) is 108 Å². The van der Waals surface area contributed by atoms with E-state index in [1.807, 2.05) is 54.6 Å². The van der Waals surface area contributed by atoms with Gasteiger partial charge < -0.3 is 0 Å². The Labute approximate surface area is 186 Å². The van der Waals surface area contributed by atoms with Crippen molar-refractivity contribution in [2.75, 3.05) is 0 Å². The van der Waals surface area contributed by atoms with Crippen LogP contribution in [0.2, 0.25) is 5.02 Å². The fourth-order valence-corrected chi connectivity index (χ4v) is 3.81. The molecule has 0 saturated heterocycles. The Balaban J connectivity index is 1.60. The van der Waals surface area contributed by atoms with E-state index >= 15 is 0 Å². The molecule has 1 aliphatic carbocycles. The maximum atomic E-state index is 6.22. The molecule has 1 heterocycles. The largest absolute Gasteiger partial charge is 0.208 e. The van der Waals surface area contributed by atoms with Gasteiger partial charge in [0.05, 0.1) is 0 Å². The minimum atomic E-state index is 0.605. The maximum absolute atomic E-state index is 6.22. The molecule has 0 aliphatic heterocycles. The van der Waals surface area contributed by atoms with Gasteiger partial charge in [-0.2, -0.15) is 0 Å². The maximum Gasteiger partial charge on any atom is 0.164 e. The van der Waals surface area contributed by atoms with Crippen molar-refractivity contribution < 1.29 is 0 Å². The molecule has 0 atom stereocenters. The SMILES string of the molecule is Clc1cccc(-c2nc(-c3ccccc3)nc(-c3ccc(C4=CCCC=C4)cc3)n2)c1. The Hall–Kier alpha value is -3.56. The third kappa shape index (κ3) is 4.32. The van der Waals surface area contributed by atoms with Crippen molar-refractivity contribution in [1.82, 2.24) is 15.0 Å². The summed E-state index contributed by atoms with van der Waals surface area (Å²) in [6.45, 7) is 0. The molecule has 1 aliphatic rings. The van der Waals surface area contributed by atoms with Gasteiger partial charge in [0.1, 0.15) is 0 Å². The van der Waals surface area contributed by atoms with Crippen molar-refractivity contribution in [3.63, 3.8) is 0 Å². The predicted molar refractivity (Wildman–Crippen MR) is 127 cm³/mol. The van der Waals surface area contributed by atoms with Gasteiger partial charge in [-0.15, -0.1) is 0 Å². The van der Waals surface area contributed by atoms with E-state index in [1.54, 1.807) is 0 Å². The first-order valence-electron chi connectivity index (χ1n) is 10.3. The molecule has 0 fully saturated rings. The van der Waals surface area contributed by atoms with Crippen LogP contribution in [0.15, 0.2) is 97.1 Å². The van der Waals surface area contributed by atoms with Gasteiger partial charge in [-0.1, -0.05) is 96.6 Å². The fraction of sp³-hybridized carbons (Fsp3) is 0.0741. The van der Waals surface area contributed by atoms with Gasteiger partial charge in [0.25, 0.3) is 0 Å². The summed E-state index contributed by atoms with van der Waals surface area (Å²) < 4.78 is 0. The Kier molecular flexibility index (Phi) is 5.42. The van der Waals surface area contributed by atoms with Crippen LogP contribution in [-0.4, -0.2) is 15.0 Å². The van der Waals surface area contributed by atoms with E-state index in [9.17, 15) is 0 Å². The second kappa shape index (κ2) is 8.66. The zero-order chi connectivity index (χ0) is 21.0. The van der Waals surface area contributed by atoms with Crippen LogP contribution < -0.4 is 0 Å². The summed E-state index contributed by atoms with van der Waals surface area (Å²) in [4.78, 5) is 14.3. The molecule has 0 bridgehead atoms. The van der Waals surface area contributed by atoms with Crippen molar-refractivity contribution in [2.45, 2.75) is 12.8 Å². The first-order chi connectivity index (χ1) is 15.3. The fourth-order valence-electron chi connectivity index (χ4n) is 3.62. The Bertz CT molecular complexity index is 1280. The minimum Gasteiger partial charge on any atom is -0.208 e. The standard InChI is InChI=1S/C27H20ClN3/c28-24-13-7-12-23(18-24)27-30-25(21-10-5-2-6-11-21)29-26(31-27)22-16-14-20(15-17-22)19-8-3-1-4-9-19/h2-3,5-18H,1,4H2. The number of benzene rings is 3. The molecule has 5 rings (SSSR count). The van der Waals surface area contributed by atoms with Crippen LogP contribution in [0.3, 0.4) is 0 Å². The van der Waals surface area contributed by atoms with E-state index in [0.717, 1.165) is 29.5 Å². The third-order valence-electron chi connectivity index (χ3n) is 5.22. The smallest absolute Gasteiger partial charge is 0.164 e. The van der Waals surface area contributed by atoms with E-state index in [2.05, 4.69) is 42.5 Å². The van der Waals surface area contributed by atoms with Crippen LogP contribution in [0.4, 0.5) is 0 Å². The predicted octanol–water partition coefficient (Wildman–Crippen LogP) is 7.26. The van der Waals surface area contributed by atoms with Crippen LogP contribution in [-0.2, 0) is 0 Å². The average molecular weight is 422 g/mol. The van der Waals surface area contributed by atoms with E-state index in [1.165, 1.54) is 11.1 Å². The van der Waals surface area contributed by atoms with Crippen LogP contribution >= 0.6 is 11.6 Å². The number of halogens is 1. The van der Waals surface area contributed by atoms with Crippen LogP contribution in [0.1, 0.15) is 18.4 Å². The number of nitrogens with zero attached hydrogens (tertiary/aromatic N) is 3. The lowest BCUT2D eigenvalue weighted by molar-refractivity contribution is 1.04. The molecule has 0 N–H and O–H groups in total. The number of hydrogen-bond acceptors (Lipinski definition) is 3. The highest BCUT2D eigenvalue weighted by Crippen LogP contribution is 2.28. The summed E-state index contributed by atoms with van der Waals surface area (Å²) in [5, 5.41) is 0.652. The summed E-state index contributed by atoms with van der Waals surface area (Å²) >= 11 is 6.22. The summed E-state index contributed by atoms with van der Waals surface area (Å²) in [5.41, 5.74) is 5.23.